The highest BCUT2D eigenvalue weighted by atomic mass is 127. The number of nitrogens with one attached hydrogen (secondary N) is 2. The van der Waals surface area contributed by atoms with Gasteiger partial charge in [-0.3, -0.25) is 4.99 Å². The number of hydrogen-bond donors (Lipinski definition) is 2. The molecule has 0 saturated heterocycles. The number of guanidine groups is 1. The molecule has 1 aromatic carbocycles. The van der Waals surface area contributed by atoms with E-state index >= 15 is 0 Å². The maximum absolute atomic E-state index is 5.51. The summed E-state index contributed by atoms with van der Waals surface area (Å²) >= 11 is 0. The molecule has 1 saturated carbocycles. The van der Waals surface area contributed by atoms with Crippen LogP contribution in [-0.2, 0) is 4.74 Å². The predicted octanol–water partition coefficient (Wildman–Crippen LogP) is 3.91. The summed E-state index contributed by atoms with van der Waals surface area (Å²) in [4.78, 5) is 4.80. The first-order chi connectivity index (χ1) is 13.1. The first-order valence-corrected chi connectivity index (χ1v) is 9.54. The molecule has 8 heteroatoms. The second-order valence-corrected chi connectivity index (χ2v) is 6.68. The van der Waals surface area contributed by atoms with Gasteiger partial charge in [0, 0.05) is 44.1 Å². The SMILES string of the molecule is CCNC(=NCC1(CCOCC)CC1)Nc1cc(OC)c(OC)c(OC)c1.I. The molecule has 0 aliphatic heterocycles. The molecule has 0 radical (unpaired) electrons. The van der Waals surface area contributed by atoms with Crippen molar-refractivity contribution >= 4 is 35.6 Å². The van der Waals surface area contributed by atoms with Crippen LogP contribution < -0.4 is 24.8 Å². The fraction of sp³-hybridized carbons (Fsp3) is 0.650. The van der Waals surface area contributed by atoms with Crippen molar-refractivity contribution in [3.05, 3.63) is 12.1 Å². The Kier molecular flexibility index (Phi) is 10.7. The Morgan fingerprint density at radius 3 is 2.18 bits per heavy atom. The molecule has 2 N–H and O–H groups in total. The van der Waals surface area contributed by atoms with Crippen LogP contribution in [0.1, 0.15) is 33.1 Å². The minimum atomic E-state index is 0. The highest BCUT2D eigenvalue weighted by molar-refractivity contribution is 14.0. The molecule has 7 nitrogen and oxygen atoms in total. The first kappa shape index (κ1) is 24.6. The van der Waals surface area contributed by atoms with E-state index in [2.05, 4.69) is 10.6 Å². The number of aliphatic imine (C=N–C) groups is 1. The summed E-state index contributed by atoms with van der Waals surface area (Å²) in [5, 5.41) is 6.64. The van der Waals surface area contributed by atoms with Crippen LogP contribution in [0, 0.1) is 5.41 Å². The third-order valence-electron chi connectivity index (χ3n) is 4.78. The van der Waals surface area contributed by atoms with Crippen molar-refractivity contribution in [2.45, 2.75) is 33.1 Å². The summed E-state index contributed by atoms with van der Waals surface area (Å²) in [5.74, 6) is 2.52. The van der Waals surface area contributed by atoms with Gasteiger partial charge in [-0.25, -0.2) is 0 Å². The van der Waals surface area contributed by atoms with Crippen molar-refractivity contribution in [3.8, 4) is 17.2 Å². The maximum Gasteiger partial charge on any atom is 0.203 e. The van der Waals surface area contributed by atoms with Gasteiger partial charge in [0.1, 0.15) is 0 Å². The van der Waals surface area contributed by atoms with Crippen LogP contribution in [0.3, 0.4) is 0 Å². The zero-order chi connectivity index (χ0) is 19.7. The summed E-state index contributed by atoms with van der Waals surface area (Å²) in [7, 11) is 4.81. The molecule has 0 aromatic heterocycles. The van der Waals surface area contributed by atoms with Crippen LogP contribution in [0.25, 0.3) is 0 Å². The third kappa shape index (κ3) is 6.88. The van der Waals surface area contributed by atoms with E-state index in [1.54, 1.807) is 21.3 Å². The molecule has 0 unspecified atom stereocenters. The molecule has 0 spiro atoms. The van der Waals surface area contributed by atoms with Gasteiger partial charge in [-0.1, -0.05) is 0 Å². The second kappa shape index (κ2) is 12.2. The van der Waals surface area contributed by atoms with Gasteiger partial charge in [0.15, 0.2) is 17.5 Å². The lowest BCUT2D eigenvalue weighted by molar-refractivity contribution is 0.129. The number of halogens is 1. The Labute approximate surface area is 185 Å². The van der Waals surface area contributed by atoms with Crippen molar-refractivity contribution in [2.75, 3.05) is 52.9 Å². The van der Waals surface area contributed by atoms with Gasteiger partial charge in [0.25, 0.3) is 0 Å². The van der Waals surface area contributed by atoms with E-state index in [0.29, 0.717) is 22.7 Å². The first-order valence-electron chi connectivity index (χ1n) is 9.54. The minimum Gasteiger partial charge on any atom is -0.493 e. The Hall–Kier alpha value is -1.42. The standard InChI is InChI=1S/C20H33N3O4.HI/c1-6-21-19(22-14-20(8-9-20)10-11-27-7-2)23-15-12-16(24-3)18(26-5)17(13-15)25-4;/h12-13H,6-11,14H2,1-5H3,(H2,21,22,23);1H. The monoisotopic (exact) mass is 507 g/mol. The van der Waals surface area contributed by atoms with E-state index in [4.69, 9.17) is 23.9 Å². The van der Waals surface area contributed by atoms with E-state index in [9.17, 15) is 0 Å². The fourth-order valence-corrected chi connectivity index (χ4v) is 2.94. The fourth-order valence-electron chi connectivity index (χ4n) is 2.94. The van der Waals surface area contributed by atoms with E-state index in [1.807, 2.05) is 26.0 Å². The molecule has 0 amide bonds. The molecule has 0 heterocycles. The van der Waals surface area contributed by atoms with Crippen molar-refractivity contribution < 1.29 is 18.9 Å². The van der Waals surface area contributed by atoms with Crippen molar-refractivity contribution in [3.63, 3.8) is 0 Å². The zero-order valence-electron chi connectivity index (χ0n) is 17.6. The van der Waals surface area contributed by atoms with Gasteiger partial charge in [-0.15, -0.1) is 24.0 Å². The normalized spacial score (nSPS) is 14.7. The highest BCUT2D eigenvalue weighted by Crippen LogP contribution is 2.49. The van der Waals surface area contributed by atoms with Gasteiger partial charge in [0.05, 0.1) is 21.3 Å². The molecule has 1 aliphatic carbocycles. The van der Waals surface area contributed by atoms with Gasteiger partial charge < -0.3 is 29.6 Å². The Morgan fingerprint density at radius 2 is 1.71 bits per heavy atom. The largest absolute Gasteiger partial charge is 0.493 e. The van der Waals surface area contributed by atoms with Gasteiger partial charge >= 0.3 is 0 Å². The smallest absolute Gasteiger partial charge is 0.203 e. The molecule has 1 fully saturated rings. The van der Waals surface area contributed by atoms with Crippen LogP contribution in [-0.4, -0.2) is 53.6 Å². The van der Waals surface area contributed by atoms with Crippen LogP contribution in [0.15, 0.2) is 17.1 Å². The van der Waals surface area contributed by atoms with Gasteiger partial charge in [-0.2, -0.15) is 0 Å². The summed E-state index contributed by atoms with van der Waals surface area (Å²) in [6, 6.07) is 3.74. The lowest BCUT2D eigenvalue weighted by Crippen LogP contribution is -2.31. The number of benzene rings is 1. The maximum atomic E-state index is 5.51. The van der Waals surface area contributed by atoms with Gasteiger partial charge in [0.2, 0.25) is 5.75 Å². The lowest BCUT2D eigenvalue weighted by atomic mass is 10.0. The summed E-state index contributed by atoms with van der Waals surface area (Å²) in [6.45, 7) is 7.23. The molecule has 28 heavy (non-hydrogen) atoms. The van der Waals surface area contributed by atoms with E-state index in [0.717, 1.165) is 44.4 Å². The molecule has 1 aromatic rings. The number of anilines is 1. The molecular formula is C20H34IN3O4. The second-order valence-electron chi connectivity index (χ2n) is 6.68. The average Bonchev–Trinajstić information content (AvgIpc) is 3.45. The van der Waals surface area contributed by atoms with Gasteiger partial charge in [-0.05, 0) is 38.5 Å². The molecule has 1 aliphatic rings. The van der Waals surface area contributed by atoms with Crippen LogP contribution in [0.5, 0.6) is 17.2 Å². The topological polar surface area (TPSA) is 73.3 Å². The van der Waals surface area contributed by atoms with Crippen LogP contribution in [0.2, 0.25) is 0 Å². The van der Waals surface area contributed by atoms with Crippen LogP contribution in [0.4, 0.5) is 5.69 Å². The number of hydrogen-bond acceptors (Lipinski definition) is 5. The molecule has 0 atom stereocenters. The van der Waals surface area contributed by atoms with Crippen molar-refractivity contribution in [1.29, 1.82) is 0 Å². The summed E-state index contributed by atoms with van der Waals surface area (Å²) in [5.41, 5.74) is 1.12. The zero-order valence-corrected chi connectivity index (χ0v) is 19.9. The molecule has 2 rings (SSSR count). The minimum absolute atomic E-state index is 0. The van der Waals surface area contributed by atoms with Crippen molar-refractivity contribution in [2.24, 2.45) is 10.4 Å². The Morgan fingerprint density at radius 1 is 1.07 bits per heavy atom. The summed E-state index contributed by atoms with van der Waals surface area (Å²) < 4.78 is 21.7. The summed E-state index contributed by atoms with van der Waals surface area (Å²) in [6.07, 6.45) is 3.49. The molecule has 0 bridgehead atoms. The third-order valence-corrected chi connectivity index (χ3v) is 4.78. The highest BCUT2D eigenvalue weighted by Gasteiger charge is 2.41. The Bertz CT molecular complexity index is 611. The quantitative estimate of drug-likeness (QED) is 0.205. The van der Waals surface area contributed by atoms with Crippen LogP contribution >= 0.6 is 24.0 Å². The number of nitrogens with zero attached hydrogens (tertiary/aromatic N) is 1. The molecule has 160 valence electrons. The average molecular weight is 507 g/mol. The Balaban J connectivity index is 0.00000392. The van der Waals surface area contributed by atoms with Crippen molar-refractivity contribution in [1.82, 2.24) is 5.32 Å². The number of rotatable bonds is 11. The number of ether oxygens (including phenoxy) is 4. The van der Waals surface area contributed by atoms with E-state index in [1.165, 1.54) is 12.8 Å². The lowest BCUT2D eigenvalue weighted by Gasteiger charge is -2.17. The molecular weight excluding hydrogens is 473 g/mol. The predicted molar refractivity (Wildman–Crippen MR) is 124 cm³/mol. The van der Waals surface area contributed by atoms with E-state index < -0.39 is 0 Å². The van der Waals surface area contributed by atoms with E-state index in [-0.39, 0.29) is 24.0 Å². The number of methoxy groups -OCH3 is 3.